The first-order valence-corrected chi connectivity index (χ1v) is 12.1. The van der Waals surface area contributed by atoms with Crippen molar-refractivity contribution in [3.8, 4) is 0 Å². The third-order valence-corrected chi connectivity index (χ3v) is 6.85. The molecule has 2 aromatic heterocycles. The van der Waals surface area contributed by atoms with Gasteiger partial charge in [-0.05, 0) is 62.1 Å². The van der Waals surface area contributed by atoms with Crippen LogP contribution in [0.5, 0.6) is 0 Å². The summed E-state index contributed by atoms with van der Waals surface area (Å²) in [5, 5.41) is 6.26. The molecule has 0 atom stereocenters. The second kappa shape index (κ2) is 9.49. The lowest BCUT2D eigenvalue weighted by molar-refractivity contribution is -0.122. The molecular weight excluding hydrogens is 460 g/mol. The largest absolute Gasteiger partial charge is 0.449 e. The molecular formula is C27H28N4O5. The van der Waals surface area contributed by atoms with Crippen LogP contribution in [-0.2, 0) is 22.7 Å². The number of fused-ring (bicyclic) bond motifs is 3. The zero-order valence-corrected chi connectivity index (χ0v) is 20.3. The molecule has 0 aliphatic heterocycles. The zero-order valence-electron chi connectivity index (χ0n) is 20.3. The van der Waals surface area contributed by atoms with Gasteiger partial charge in [-0.15, -0.1) is 0 Å². The molecule has 1 aliphatic rings. The molecule has 9 nitrogen and oxygen atoms in total. The summed E-state index contributed by atoms with van der Waals surface area (Å²) in [5.74, 6) is -0.852. The number of nitrogens with zero attached hydrogens (tertiary/aromatic N) is 2. The smallest absolute Gasteiger partial charge is 0.332 e. The van der Waals surface area contributed by atoms with Gasteiger partial charge >= 0.3 is 5.69 Å². The van der Waals surface area contributed by atoms with E-state index in [9.17, 15) is 19.2 Å². The average molecular weight is 489 g/mol. The van der Waals surface area contributed by atoms with Crippen molar-refractivity contribution in [1.82, 2.24) is 14.5 Å². The van der Waals surface area contributed by atoms with Gasteiger partial charge in [0.2, 0.25) is 17.4 Å². The predicted molar refractivity (Wildman–Crippen MR) is 137 cm³/mol. The summed E-state index contributed by atoms with van der Waals surface area (Å²) < 4.78 is 7.86. The lowest BCUT2D eigenvalue weighted by Crippen LogP contribution is -2.46. The fourth-order valence-corrected chi connectivity index (χ4v) is 4.83. The van der Waals surface area contributed by atoms with Crippen LogP contribution in [0.2, 0.25) is 0 Å². The van der Waals surface area contributed by atoms with E-state index < -0.39 is 29.6 Å². The van der Waals surface area contributed by atoms with Crippen LogP contribution in [0.25, 0.3) is 22.1 Å². The SMILES string of the molecule is Cc1ccc(NC(=O)Cn2c(=O)n(CC(=O)NC3CCCC3)c(=O)c3oc4ccccc4c32)cc1C. The summed E-state index contributed by atoms with van der Waals surface area (Å²) in [4.78, 5) is 52.5. The number of aryl methyl sites for hydroxylation is 2. The number of amides is 2. The van der Waals surface area contributed by atoms with E-state index in [1.807, 2.05) is 26.0 Å². The molecule has 0 radical (unpaired) electrons. The third kappa shape index (κ3) is 4.44. The van der Waals surface area contributed by atoms with Gasteiger partial charge < -0.3 is 15.1 Å². The van der Waals surface area contributed by atoms with Gasteiger partial charge in [0.1, 0.15) is 24.2 Å². The number of anilines is 1. The summed E-state index contributed by atoms with van der Waals surface area (Å²) >= 11 is 0. The van der Waals surface area contributed by atoms with Crippen LogP contribution in [0.3, 0.4) is 0 Å². The third-order valence-electron chi connectivity index (χ3n) is 6.85. The van der Waals surface area contributed by atoms with E-state index in [-0.39, 0.29) is 23.7 Å². The quantitative estimate of drug-likeness (QED) is 0.432. The van der Waals surface area contributed by atoms with Crippen molar-refractivity contribution in [1.29, 1.82) is 0 Å². The number of furan rings is 1. The van der Waals surface area contributed by atoms with E-state index in [0.717, 1.165) is 41.4 Å². The number of aromatic nitrogens is 2. The van der Waals surface area contributed by atoms with Crippen molar-refractivity contribution in [3.05, 3.63) is 74.4 Å². The number of hydrogen-bond acceptors (Lipinski definition) is 5. The molecule has 1 fully saturated rings. The van der Waals surface area contributed by atoms with Gasteiger partial charge in [-0.1, -0.05) is 31.0 Å². The molecule has 2 N–H and O–H groups in total. The molecule has 1 aliphatic carbocycles. The minimum Gasteiger partial charge on any atom is -0.449 e. The minimum absolute atomic E-state index is 0.0501. The Labute approximate surface area is 206 Å². The second-order valence-electron chi connectivity index (χ2n) is 9.43. The molecule has 1 saturated carbocycles. The average Bonchev–Trinajstić information content (AvgIpc) is 3.50. The molecule has 4 aromatic rings. The van der Waals surface area contributed by atoms with Crippen molar-refractivity contribution in [3.63, 3.8) is 0 Å². The highest BCUT2D eigenvalue weighted by molar-refractivity contribution is 6.03. The van der Waals surface area contributed by atoms with E-state index in [4.69, 9.17) is 4.42 Å². The van der Waals surface area contributed by atoms with E-state index in [0.29, 0.717) is 16.7 Å². The molecule has 36 heavy (non-hydrogen) atoms. The van der Waals surface area contributed by atoms with Crippen LogP contribution < -0.4 is 21.9 Å². The number of carbonyl (C=O) groups is 2. The van der Waals surface area contributed by atoms with Gasteiger partial charge in [0, 0.05) is 17.1 Å². The number of rotatable bonds is 6. The highest BCUT2D eigenvalue weighted by Crippen LogP contribution is 2.25. The maximum Gasteiger partial charge on any atom is 0.332 e. The summed E-state index contributed by atoms with van der Waals surface area (Å²) in [6, 6.07) is 12.5. The monoisotopic (exact) mass is 488 g/mol. The van der Waals surface area contributed by atoms with Gasteiger partial charge in [-0.25, -0.2) is 9.36 Å². The topological polar surface area (TPSA) is 115 Å². The van der Waals surface area contributed by atoms with Crippen molar-refractivity contribution < 1.29 is 14.0 Å². The Kier molecular flexibility index (Phi) is 6.22. The van der Waals surface area contributed by atoms with Gasteiger partial charge in [0.25, 0.3) is 5.56 Å². The molecule has 5 rings (SSSR count). The maximum atomic E-state index is 13.5. The van der Waals surface area contributed by atoms with Crippen LogP contribution >= 0.6 is 0 Å². The summed E-state index contributed by atoms with van der Waals surface area (Å²) in [7, 11) is 0. The Balaban J connectivity index is 1.55. The fourth-order valence-electron chi connectivity index (χ4n) is 4.83. The van der Waals surface area contributed by atoms with Crippen LogP contribution in [-0.4, -0.2) is 27.0 Å². The van der Waals surface area contributed by atoms with E-state index in [1.54, 1.807) is 30.3 Å². The van der Waals surface area contributed by atoms with Crippen molar-refractivity contribution >= 4 is 39.6 Å². The van der Waals surface area contributed by atoms with Gasteiger partial charge in [-0.2, -0.15) is 0 Å². The number of carbonyl (C=O) groups excluding carboxylic acids is 2. The summed E-state index contributed by atoms with van der Waals surface area (Å²) in [5.41, 5.74) is 1.88. The molecule has 0 saturated heterocycles. The van der Waals surface area contributed by atoms with E-state index >= 15 is 0 Å². The summed E-state index contributed by atoms with van der Waals surface area (Å²) in [6.07, 6.45) is 3.84. The van der Waals surface area contributed by atoms with Crippen LogP contribution in [0.1, 0.15) is 36.8 Å². The van der Waals surface area contributed by atoms with Crippen LogP contribution in [0.4, 0.5) is 5.69 Å². The molecule has 2 amide bonds. The molecule has 186 valence electrons. The molecule has 2 heterocycles. The van der Waals surface area contributed by atoms with Crippen LogP contribution in [0, 0.1) is 13.8 Å². The zero-order chi connectivity index (χ0) is 25.4. The first kappa shape index (κ1) is 23.6. The van der Waals surface area contributed by atoms with Gasteiger partial charge in [-0.3, -0.25) is 19.0 Å². The highest BCUT2D eigenvalue weighted by Gasteiger charge is 2.24. The first-order chi connectivity index (χ1) is 17.3. The first-order valence-electron chi connectivity index (χ1n) is 12.1. The predicted octanol–water partition coefficient (Wildman–Crippen LogP) is 3.22. The lowest BCUT2D eigenvalue weighted by Gasteiger charge is -2.14. The lowest BCUT2D eigenvalue weighted by atomic mass is 10.1. The number of hydrogen-bond donors (Lipinski definition) is 2. The number of para-hydroxylation sites is 1. The number of nitrogens with one attached hydrogen (secondary N) is 2. The Morgan fingerprint density at radius 1 is 0.944 bits per heavy atom. The Morgan fingerprint density at radius 3 is 2.42 bits per heavy atom. The van der Waals surface area contributed by atoms with Crippen LogP contribution in [0.15, 0.2) is 56.5 Å². The molecule has 0 unspecified atom stereocenters. The maximum absolute atomic E-state index is 13.5. The highest BCUT2D eigenvalue weighted by atomic mass is 16.3. The second-order valence-corrected chi connectivity index (χ2v) is 9.43. The Hall–Kier alpha value is -4.14. The minimum atomic E-state index is -0.740. The van der Waals surface area contributed by atoms with Crippen molar-refractivity contribution in [2.75, 3.05) is 5.32 Å². The van der Waals surface area contributed by atoms with Crippen molar-refractivity contribution in [2.24, 2.45) is 0 Å². The van der Waals surface area contributed by atoms with Crippen molar-refractivity contribution in [2.45, 2.75) is 58.7 Å². The standard InChI is InChI=1S/C27H28N4O5/c1-16-11-12-19(13-17(16)2)29-22(32)14-30-24-20-9-5-6-10-21(20)36-25(24)26(34)31(27(30)35)15-23(33)28-18-7-3-4-8-18/h5-6,9-13,18H,3-4,7-8,14-15H2,1-2H3,(H,28,33)(H,29,32). The number of benzene rings is 2. The molecule has 9 heteroatoms. The normalized spacial score (nSPS) is 13.9. The molecule has 2 aromatic carbocycles. The van der Waals surface area contributed by atoms with Gasteiger partial charge in [0.15, 0.2) is 0 Å². The van der Waals surface area contributed by atoms with Gasteiger partial charge in [0.05, 0.1) is 0 Å². The molecule has 0 bridgehead atoms. The Morgan fingerprint density at radius 2 is 1.67 bits per heavy atom. The Bertz CT molecular complexity index is 1600. The fraction of sp³-hybridized carbons (Fsp3) is 0.333. The van der Waals surface area contributed by atoms with E-state index in [1.165, 1.54) is 4.57 Å². The summed E-state index contributed by atoms with van der Waals surface area (Å²) in [6.45, 7) is 3.13. The van der Waals surface area contributed by atoms with E-state index in [2.05, 4.69) is 10.6 Å². The molecule has 0 spiro atoms.